The fraction of sp³-hybridized carbons (Fsp3) is 0.545. The summed E-state index contributed by atoms with van der Waals surface area (Å²) >= 11 is 0. The number of aromatic nitrogens is 2. The maximum Gasteiger partial charge on any atom is 0.260 e. The zero-order chi connectivity index (χ0) is 23.7. The number of aromatic amines is 1. The molecule has 1 saturated carbocycles. The molecular formula is C22H29F2N5O3S. The lowest BCUT2D eigenvalue weighted by Crippen LogP contribution is -2.63. The van der Waals surface area contributed by atoms with E-state index in [0.29, 0.717) is 18.7 Å². The van der Waals surface area contributed by atoms with E-state index in [0.717, 1.165) is 5.56 Å². The molecule has 1 aliphatic carbocycles. The van der Waals surface area contributed by atoms with E-state index in [4.69, 9.17) is 0 Å². The first-order valence-corrected chi connectivity index (χ1v) is 12.5. The molecule has 1 amide bonds. The highest BCUT2D eigenvalue weighted by atomic mass is 32.2. The zero-order valence-corrected chi connectivity index (χ0v) is 19.4. The van der Waals surface area contributed by atoms with Crippen molar-refractivity contribution >= 4 is 15.9 Å². The molecule has 2 heterocycles. The largest absolute Gasteiger partial charge is 0.350 e. The number of piperazine rings is 1. The highest BCUT2D eigenvalue weighted by Crippen LogP contribution is 2.42. The van der Waals surface area contributed by atoms with Crippen LogP contribution in [0.2, 0.25) is 0 Å². The van der Waals surface area contributed by atoms with E-state index in [2.05, 4.69) is 20.2 Å². The van der Waals surface area contributed by atoms with E-state index in [1.165, 1.54) is 16.8 Å². The normalized spacial score (nSPS) is 21.5. The van der Waals surface area contributed by atoms with Crippen molar-refractivity contribution in [1.82, 2.24) is 24.5 Å². The van der Waals surface area contributed by atoms with Crippen LogP contribution >= 0.6 is 0 Å². The quantitative estimate of drug-likeness (QED) is 0.660. The fourth-order valence-electron chi connectivity index (χ4n) is 4.78. The van der Waals surface area contributed by atoms with Gasteiger partial charge in [-0.25, -0.2) is 22.2 Å². The van der Waals surface area contributed by atoms with E-state index in [-0.39, 0.29) is 56.3 Å². The van der Waals surface area contributed by atoms with Crippen molar-refractivity contribution in [3.8, 4) is 0 Å². The Labute approximate surface area is 192 Å². The van der Waals surface area contributed by atoms with Gasteiger partial charge in [-0.1, -0.05) is 18.2 Å². The zero-order valence-electron chi connectivity index (χ0n) is 18.6. The van der Waals surface area contributed by atoms with Crippen LogP contribution in [0.4, 0.5) is 8.78 Å². The van der Waals surface area contributed by atoms with Crippen molar-refractivity contribution in [3.05, 3.63) is 47.9 Å². The van der Waals surface area contributed by atoms with Gasteiger partial charge in [-0.15, -0.1) is 0 Å². The number of benzene rings is 1. The number of hydrogen-bond donors (Lipinski definition) is 2. The lowest BCUT2D eigenvalue weighted by Gasteiger charge is -2.50. The predicted octanol–water partition coefficient (Wildman–Crippen LogP) is 2.40. The van der Waals surface area contributed by atoms with Crippen LogP contribution < -0.4 is 5.32 Å². The minimum Gasteiger partial charge on any atom is -0.350 e. The van der Waals surface area contributed by atoms with Crippen molar-refractivity contribution < 1.29 is 22.0 Å². The standard InChI is InChI=1S/C22H29F2N5O3S/c1-17-4-2-3-5-18(17)20(30)26-15-21(6-8-22(23,24)9-7-21)28-10-12-29(13-11-28)33(31,32)19-14-25-16-27-19/h2-5,14,16H,6-13,15H2,1H3,(H,25,27)(H,26,30). The summed E-state index contributed by atoms with van der Waals surface area (Å²) in [5.74, 6) is -2.94. The number of sulfonamides is 1. The van der Waals surface area contributed by atoms with Gasteiger partial charge in [0.2, 0.25) is 5.92 Å². The van der Waals surface area contributed by atoms with Crippen LogP contribution in [0.15, 0.2) is 41.8 Å². The number of H-pyrrole nitrogens is 1. The van der Waals surface area contributed by atoms with E-state index in [1.807, 2.05) is 19.1 Å². The number of aryl methyl sites for hydroxylation is 1. The highest BCUT2D eigenvalue weighted by molar-refractivity contribution is 7.89. The van der Waals surface area contributed by atoms with Crippen LogP contribution in [0.1, 0.15) is 41.6 Å². The third-order valence-electron chi connectivity index (χ3n) is 6.88. The average molecular weight is 482 g/mol. The molecule has 4 rings (SSSR count). The molecule has 0 atom stereocenters. The van der Waals surface area contributed by atoms with Gasteiger partial charge in [0.25, 0.3) is 15.9 Å². The molecule has 0 spiro atoms. The lowest BCUT2D eigenvalue weighted by molar-refractivity contribution is -0.0856. The summed E-state index contributed by atoms with van der Waals surface area (Å²) in [5.41, 5.74) is 0.769. The topological polar surface area (TPSA) is 98.4 Å². The number of nitrogens with one attached hydrogen (secondary N) is 2. The number of halogens is 2. The number of hydrogen-bond acceptors (Lipinski definition) is 5. The van der Waals surface area contributed by atoms with Gasteiger partial charge in [0.1, 0.15) is 0 Å². The van der Waals surface area contributed by atoms with Gasteiger partial charge >= 0.3 is 0 Å². The van der Waals surface area contributed by atoms with Crippen LogP contribution in [-0.4, -0.2) is 77.7 Å². The van der Waals surface area contributed by atoms with Crippen molar-refractivity contribution in [1.29, 1.82) is 0 Å². The van der Waals surface area contributed by atoms with Gasteiger partial charge in [-0.2, -0.15) is 4.31 Å². The number of carbonyl (C=O) groups excluding carboxylic acids is 1. The first kappa shape index (κ1) is 23.8. The number of imidazole rings is 1. The maximum absolute atomic E-state index is 14.0. The third kappa shape index (κ3) is 4.95. The Bertz CT molecular complexity index is 1070. The van der Waals surface area contributed by atoms with Gasteiger partial charge < -0.3 is 10.3 Å². The Morgan fingerprint density at radius 2 is 1.79 bits per heavy atom. The van der Waals surface area contributed by atoms with Crippen molar-refractivity contribution in [3.63, 3.8) is 0 Å². The summed E-state index contributed by atoms with van der Waals surface area (Å²) in [6.45, 7) is 3.38. The van der Waals surface area contributed by atoms with E-state index < -0.39 is 21.5 Å². The molecule has 180 valence electrons. The minimum atomic E-state index is -3.68. The van der Waals surface area contributed by atoms with Crippen molar-refractivity contribution in [2.45, 2.75) is 49.1 Å². The number of alkyl halides is 2. The highest BCUT2D eigenvalue weighted by Gasteiger charge is 2.48. The van der Waals surface area contributed by atoms with Crippen molar-refractivity contribution in [2.24, 2.45) is 0 Å². The van der Waals surface area contributed by atoms with E-state index in [1.54, 1.807) is 12.1 Å². The molecule has 1 aromatic carbocycles. The minimum absolute atomic E-state index is 0.0356. The molecule has 1 aliphatic heterocycles. The molecule has 8 nitrogen and oxygen atoms in total. The molecule has 11 heteroatoms. The number of nitrogens with zero attached hydrogens (tertiary/aromatic N) is 3. The van der Waals surface area contributed by atoms with Crippen LogP contribution in [0, 0.1) is 6.92 Å². The number of rotatable bonds is 6. The first-order chi connectivity index (χ1) is 15.6. The van der Waals surface area contributed by atoms with Crippen LogP contribution in [0.3, 0.4) is 0 Å². The molecule has 1 aromatic heterocycles. The van der Waals surface area contributed by atoms with Gasteiger partial charge in [0.05, 0.1) is 12.5 Å². The molecule has 0 unspecified atom stereocenters. The van der Waals surface area contributed by atoms with Crippen LogP contribution in [0.5, 0.6) is 0 Å². The molecule has 2 aromatic rings. The summed E-state index contributed by atoms with van der Waals surface area (Å²) < 4.78 is 55.0. The number of amides is 1. The van der Waals surface area contributed by atoms with E-state index >= 15 is 0 Å². The average Bonchev–Trinajstić information content (AvgIpc) is 3.35. The Hall–Kier alpha value is -2.37. The van der Waals surface area contributed by atoms with Gasteiger partial charge in [-0.05, 0) is 31.4 Å². The second-order valence-corrected chi connectivity index (χ2v) is 10.8. The Kier molecular flexibility index (Phi) is 6.56. The van der Waals surface area contributed by atoms with Gasteiger partial charge in [-0.3, -0.25) is 9.69 Å². The Balaban J connectivity index is 1.47. The van der Waals surface area contributed by atoms with Gasteiger partial charge in [0, 0.05) is 56.7 Å². The van der Waals surface area contributed by atoms with Crippen LogP contribution in [0.25, 0.3) is 0 Å². The van der Waals surface area contributed by atoms with E-state index in [9.17, 15) is 22.0 Å². The summed E-state index contributed by atoms with van der Waals surface area (Å²) in [7, 11) is -3.68. The molecular weight excluding hydrogens is 452 g/mol. The van der Waals surface area contributed by atoms with Gasteiger partial charge in [0.15, 0.2) is 5.03 Å². The fourth-order valence-corrected chi connectivity index (χ4v) is 6.10. The number of carbonyl (C=O) groups is 1. The first-order valence-electron chi connectivity index (χ1n) is 11.1. The lowest BCUT2D eigenvalue weighted by atomic mass is 9.78. The maximum atomic E-state index is 14.0. The summed E-state index contributed by atoms with van der Waals surface area (Å²) in [4.78, 5) is 21.3. The molecule has 0 radical (unpaired) electrons. The summed E-state index contributed by atoms with van der Waals surface area (Å²) in [6.07, 6.45) is 2.56. The monoisotopic (exact) mass is 481 g/mol. The van der Waals surface area contributed by atoms with Crippen LogP contribution in [-0.2, 0) is 10.0 Å². The summed E-state index contributed by atoms with van der Waals surface area (Å²) in [6, 6.07) is 7.24. The Morgan fingerprint density at radius 1 is 1.12 bits per heavy atom. The predicted molar refractivity (Wildman–Crippen MR) is 119 cm³/mol. The SMILES string of the molecule is Cc1ccccc1C(=O)NCC1(N2CCN(S(=O)(=O)c3cnc[nH]3)CC2)CCC(F)(F)CC1. The smallest absolute Gasteiger partial charge is 0.260 e. The third-order valence-corrected chi connectivity index (χ3v) is 8.70. The molecule has 2 N–H and O–H groups in total. The van der Waals surface area contributed by atoms with Crippen molar-refractivity contribution in [2.75, 3.05) is 32.7 Å². The molecule has 0 bridgehead atoms. The molecule has 1 saturated heterocycles. The second-order valence-electron chi connectivity index (χ2n) is 8.88. The molecule has 2 aliphatic rings. The second kappa shape index (κ2) is 9.11. The summed E-state index contributed by atoms with van der Waals surface area (Å²) in [5, 5.41) is 3.00. The Morgan fingerprint density at radius 3 is 2.39 bits per heavy atom. The molecule has 2 fully saturated rings. The molecule has 33 heavy (non-hydrogen) atoms.